The van der Waals surface area contributed by atoms with Gasteiger partial charge in [-0.25, -0.2) is 4.98 Å². The minimum atomic E-state index is 0.634. The molecule has 1 heterocycles. The molecule has 3 nitrogen and oxygen atoms in total. The Balaban J connectivity index is 2.28. The Morgan fingerprint density at radius 2 is 2.00 bits per heavy atom. The van der Waals surface area contributed by atoms with Crippen molar-refractivity contribution in [1.82, 2.24) is 14.9 Å². The largest absolute Gasteiger partial charge is 0.329 e. The van der Waals surface area contributed by atoms with Crippen LogP contribution in [0.2, 0.25) is 10.0 Å². The first-order valence-corrected chi connectivity index (χ1v) is 6.05. The monoisotopic (exact) mass is 269 g/mol. The SMILES string of the molecule is CNCc1nccn1Cc1c(Cl)cccc1Cl. The van der Waals surface area contributed by atoms with Crippen LogP contribution in [0.1, 0.15) is 11.4 Å². The minimum absolute atomic E-state index is 0.634. The van der Waals surface area contributed by atoms with Crippen LogP contribution in [0.4, 0.5) is 0 Å². The van der Waals surface area contributed by atoms with Gasteiger partial charge in [-0.2, -0.15) is 0 Å². The van der Waals surface area contributed by atoms with Gasteiger partial charge in [-0.1, -0.05) is 29.3 Å². The number of nitrogens with one attached hydrogen (secondary N) is 1. The summed E-state index contributed by atoms with van der Waals surface area (Å²) in [5, 5.41) is 4.44. The van der Waals surface area contributed by atoms with Crippen LogP contribution in [0.25, 0.3) is 0 Å². The van der Waals surface area contributed by atoms with E-state index in [4.69, 9.17) is 23.2 Å². The maximum absolute atomic E-state index is 6.14. The van der Waals surface area contributed by atoms with Crippen molar-refractivity contribution in [2.24, 2.45) is 0 Å². The van der Waals surface area contributed by atoms with Crippen LogP contribution in [-0.4, -0.2) is 16.6 Å². The van der Waals surface area contributed by atoms with E-state index in [1.807, 2.05) is 36.0 Å². The van der Waals surface area contributed by atoms with Gasteiger partial charge >= 0.3 is 0 Å². The second-order valence-electron chi connectivity index (χ2n) is 3.70. The Morgan fingerprint density at radius 1 is 1.29 bits per heavy atom. The maximum atomic E-state index is 6.14. The molecular weight excluding hydrogens is 257 g/mol. The Hall–Kier alpha value is -1.03. The highest BCUT2D eigenvalue weighted by Crippen LogP contribution is 2.25. The van der Waals surface area contributed by atoms with Crippen LogP contribution < -0.4 is 5.32 Å². The van der Waals surface area contributed by atoms with E-state index in [1.165, 1.54) is 0 Å². The summed E-state index contributed by atoms with van der Waals surface area (Å²) in [6, 6.07) is 5.53. The van der Waals surface area contributed by atoms with E-state index in [-0.39, 0.29) is 0 Å². The first-order chi connectivity index (χ1) is 8.22. The summed E-state index contributed by atoms with van der Waals surface area (Å²) in [4.78, 5) is 4.28. The first kappa shape index (κ1) is 12.4. The fraction of sp³-hybridized carbons (Fsp3) is 0.250. The molecule has 0 bridgehead atoms. The Bertz CT molecular complexity index is 488. The predicted molar refractivity (Wildman–Crippen MR) is 70.6 cm³/mol. The molecule has 0 atom stereocenters. The molecule has 0 spiro atoms. The van der Waals surface area contributed by atoms with Crippen molar-refractivity contribution < 1.29 is 0 Å². The van der Waals surface area contributed by atoms with Crippen molar-refractivity contribution in [3.05, 3.63) is 52.0 Å². The molecule has 0 fully saturated rings. The van der Waals surface area contributed by atoms with Crippen LogP contribution in [0.3, 0.4) is 0 Å². The van der Waals surface area contributed by atoms with Gasteiger partial charge in [0.25, 0.3) is 0 Å². The molecule has 1 aromatic carbocycles. The molecule has 0 amide bonds. The smallest absolute Gasteiger partial charge is 0.122 e. The Morgan fingerprint density at radius 3 is 2.65 bits per heavy atom. The second kappa shape index (κ2) is 5.54. The summed E-state index contributed by atoms with van der Waals surface area (Å²) in [5.41, 5.74) is 0.922. The number of rotatable bonds is 4. The quantitative estimate of drug-likeness (QED) is 0.925. The van der Waals surface area contributed by atoms with Gasteiger partial charge in [-0.05, 0) is 19.2 Å². The average molecular weight is 270 g/mol. The molecule has 0 saturated carbocycles. The third-order valence-corrected chi connectivity index (χ3v) is 3.23. The minimum Gasteiger partial charge on any atom is -0.329 e. The zero-order valence-corrected chi connectivity index (χ0v) is 11.0. The zero-order chi connectivity index (χ0) is 12.3. The van der Waals surface area contributed by atoms with Crippen LogP contribution in [0, 0.1) is 0 Å². The maximum Gasteiger partial charge on any atom is 0.122 e. The summed E-state index contributed by atoms with van der Waals surface area (Å²) in [5.74, 6) is 0.962. The second-order valence-corrected chi connectivity index (χ2v) is 4.52. The molecule has 2 aromatic rings. The summed E-state index contributed by atoms with van der Waals surface area (Å²) in [6.07, 6.45) is 3.70. The van der Waals surface area contributed by atoms with Crippen molar-refractivity contribution in [2.45, 2.75) is 13.1 Å². The van der Waals surface area contributed by atoms with Gasteiger partial charge in [-0.15, -0.1) is 0 Å². The number of nitrogens with zero attached hydrogens (tertiary/aromatic N) is 2. The highest BCUT2D eigenvalue weighted by molar-refractivity contribution is 6.35. The van der Waals surface area contributed by atoms with E-state index in [0.717, 1.165) is 17.9 Å². The highest BCUT2D eigenvalue weighted by Gasteiger charge is 2.08. The normalized spacial score (nSPS) is 10.8. The molecule has 17 heavy (non-hydrogen) atoms. The lowest BCUT2D eigenvalue weighted by Crippen LogP contribution is -2.13. The molecule has 0 saturated heterocycles. The van der Waals surface area contributed by atoms with Gasteiger partial charge in [0.05, 0.1) is 13.1 Å². The summed E-state index contributed by atoms with van der Waals surface area (Å²) in [7, 11) is 1.89. The number of aromatic nitrogens is 2. The van der Waals surface area contributed by atoms with Crippen molar-refractivity contribution >= 4 is 23.2 Å². The third-order valence-electron chi connectivity index (χ3n) is 2.53. The van der Waals surface area contributed by atoms with Crippen molar-refractivity contribution in [3.8, 4) is 0 Å². The number of halogens is 2. The Labute approximate surface area is 110 Å². The van der Waals surface area contributed by atoms with Crippen molar-refractivity contribution in [3.63, 3.8) is 0 Å². The van der Waals surface area contributed by atoms with E-state index in [9.17, 15) is 0 Å². The lowest BCUT2D eigenvalue weighted by molar-refractivity contribution is 0.673. The topological polar surface area (TPSA) is 29.9 Å². The standard InChI is InChI=1S/C12H13Cl2N3/c1-15-7-12-16-5-6-17(12)8-9-10(13)3-2-4-11(9)14/h2-6,15H,7-8H2,1H3. The molecule has 1 aromatic heterocycles. The number of imidazole rings is 1. The lowest BCUT2D eigenvalue weighted by atomic mass is 10.2. The molecule has 1 N–H and O–H groups in total. The van der Waals surface area contributed by atoms with Crippen LogP contribution in [0.5, 0.6) is 0 Å². The van der Waals surface area contributed by atoms with Gasteiger partial charge in [-0.3, -0.25) is 0 Å². The number of hydrogen-bond donors (Lipinski definition) is 1. The fourth-order valence-corrected chi connectivity index (χ4v) is 2.18. The van der Waals surface area contributed by atoms with Gasteiger partial charge in [0.2, 0.25) is 0 Å². The first-order valence-electron chi connectivity index (χ1n) is 5.30. The number of benzene rings is 1. The molecule has 0 radical (unpaired) electrons. The van der Waals surface area contributed by atoms with Crippen LogP contribution in [-0.2, 0) is 13.1 Å². The Kier molecular flexibility index (Phi) is 4.05. The predicted octanol–water partition coefficient (Wildman–Crippen LogP) is 2.96. The van der Waals surface area contributed by atoms with Crippen molar-refractivity contribution in [1.29, 1.82) is 0 Å². The molecule has 0 aliphatic heterocycles. The van der Waals surface area contributed by atoms with Gasteiger partial charge in [0.15, 0.2) is 0 Å². The van der Waals surface area contributed by atoms with Crippen molar-refractivity contribution in [2.75, 3.05) is 7.05 Å². The fourth-order valence-electron chi connectivity index (χ4n) is 1.66. The van der Waals surface area contributed by atoms with Crippen LogP contribution >= 0.6 is 23.2 Å². The van der Waals surface area contributed by atoms with Gasteiger partial charge in [0.1, 0.15) is 5.82 Å². The van der Waals surface area contributed by atoms with E-state index in [2.05, 4.69) is 10.3 Å². The van der Waals surface area contributed by atoms with Gasteiger partial charge in [0, 0.05) is 28.0 Å². The average Bonchev–Trinajstić information content (AvgIpc) is 2.72. The van der Waals surface area contributed by atoms with E-state index >= 15 is 0 Å². The molecule has 0 unspecified atom stereocenters. The van der Waals surface area contributed by atoms with Gasteiger partial charge < -0.3 is 9.88 Å². The molecule has 0 aliphatic carbocycles. The molecule has 0 aliphatic rings. The molecule has 90 valence electrons. The zero-order valence-electron chi connectivity index (χ0n) is 9.45. The third kappa shape index (κ3) is 2.80. The molecule has 5 heteroatoms. The van der Waals surface area contributed by atoms with E-state index in [1.54, 1.807) is 6.20 Å². The summed E-state index contributed by atoms with van der Waals surface area (Å²) < 4.78 is 2.03. The van der Waals surface area contributed by atoms with E-state index < -0.39 is 0 Å². The highest BCUT2D eigenvalue weighted by atomic mass is 35.5. The summed E-state index contributed by atoms with van der Waals surface area (Å²) >= 11 is 12.3. The van der Waals surface area contributed by atoms with Crippen LogP contribution in [0.15, 0.2) is 30.6 Å². The number of hydrogen-bond acceptors (Lipinski definition) is 2. The molecular formula is C12H13Cl2N3. The summed E-state index contributed by atoms with van der Waals surface area (Å²) in [6.45, 7) is 1.35. The lowest BCUT2D eigenvalue weighted by Gasteiger charge is -2.10. The molecule has 2 rings (SSSR count). The van der Waals surface area contributed by atoms with E-state index in [0.29, 0.717) is 16.6 Å².